The Morgan fingerprint density at radius 2 is 2.31 bits per heavy atom. The maximum atomic E-state index is 11.1. The standard InChI is InChI=1S/C9H10BrNO2/c1-6(9(12)13-2)7-3-4-8(10)11-5-7/h3-6H,1-2H3. The second kappa shape index (κ2) is 4.37. The summed E-state index contributed by atoms with van der Waals surface area (Å²) in [5, 5.41) is 0. The van der Waals surface area contributed by atoms with E-state index in [1.807, 2.05) is 6.07 Å². The van der Waals surface area contributed by atoms with E-state index in [0.717, 1.165) is 10.2 Å². The Morgan fingerprint density at radius 3 is 2.77 bits per heavy atom. The average Bonchev–Trinajstić information content (AvgIpc) is 2.17. The molecule has 0 fully saturated rings. The molecule has 0 bridgehead atoms. The van der Waals surface area contributed by atoms with Crippen LogP contribution in [-0.4, -0.2) is 18.1 Å². The third-order valence-electron chi connectivity index (χ3n) is 1.81. The van der Waals surface area contributed by atoms with Gasteiger partial charge in [0.15, 0.2) is 0 Å². The number of pyridine rings is 1. The van der Waals surface area contributed by atoms with Crippen LogP contribution in [0.15, 0.2) is 22.9 Å². The molecule has 0 spiro atoms. The zero-order valence-corrected chi connectivity index (χ0v) is 9.04. The first-order valence-electron chi connectivity index (χ1n) is 3.84. The molecule has 1 rings (SSSR count). The van der Waals surface area contributed by atoms with Crippen molar-refractivity contribution in [2.24, 2.45) is 0 Å². The molecule has 70 valence electrons. The lowest BCUT2D eigenvalue weighted by molar-refractivity contribution is -0.142. The van der Waals surface area contributed by atoms with Crippen LogP contribution < -0.4 is 0 Å². The molecular formula is C9H10BrNO2. The van der Waals surface area contributed by atoms with Gasteiger partial charge < -0.3 is 4.74 Å². The Labute approximate surface area is 85.3 Å². The fourth-order valence-electron chi connectivity index (χ4n) is 0.956. The van der Waals surface area contributed by atoms with Crippen molar-refractivity contribution in [3.05, 3.63) is 28.5 Å². The summed E-state index contributed by atoms with van der Waals surface area (Å²) >= 11 is 3.22. The Balaban J connectivity index is 2.83. The number of rotatable bonds is 2. The summed E-state index contributed by atoms with van der Waals surface area (Å²) < 4.78 is 5.38. The second-order valence-corrected chi connectivity index (χ2v) is 3.47. The van der Waals surface area contributed by atoms with Gasteiger partial charge in [0, 0.05) is 6.20 Å². The zero-order chi connectivity index (χ0) is 9.84. The monoisotopic (exact) mass is 243 g/mol. The highest BCUT2D eigenvalue weighted by Crippen LogP contribution is 2.16. The molecule has 1 unspecified atom stereocenters. The first-order chi connectivity index (χ1) is 6.15. The summed E-state index contributed by atoms with van der Waals surface area (Å²) in [6, 6.07) is 3.65. The van der Waals surface area contributed by atoms with Crippen LogP contribution in [0.25, 0.3) is 0 Å². The lowest BCUT2D eigenvalue weighted by Crippen LogP contribution is -2.10. The largest absolute Gasteiger partial charge is 0.469 e. The number of hydrogen-bond donors (Lipinski definition) is 0. The van der Waals surface area contributed by atoms with E-state index in [1.165, 1.54) is 7.11 Å². The molecule has 1 aromatic heterocycles. The molecule has 0 aliphatic rings. The van der Waals surface area contributed by atoms with Gasteiger partial charge in [-0.1, -0.05) is 6.07 Å². The minimum absolute atomic E-state index is 0.246. The lowest BCUT2D eigenvalue weighted by Gasteiger charge is -2.08. The highest BCUT2D eigenvalue weighted by atomic mass is 79.9. The van der Waals surface area contributed by atoms with Gasteiger partial charge in [0.1, 0.15) is 4.60 Å². The normalized spacial score (nSPS) is 12.2. The highest BCUT2D eigenvalue weighted by molar-refractivity contribution is 9.10. The van der Waals surface area contributed by atoms with Crippen LogP contribution in [-0.2, 0) is 9.53 Å². The van der Waals surface area contributed by atoms with E-state index < -0.39 is 0 Å². The van der Waals surface area contributed by atoms with Crippen molar-refractivity contribution in [2.75, 3.05) is 7.11 Å². The molecule has 0 aromatic carbocycles. The summed E-state index contributed by atoms with van der Waals surface area (Å²) in [5.41, 5.74) is 0.857. The Morgan fingerprint density at radius 1 is 1.62 bits per heavy atom. The van der Waals surface area contributed by atoms with Gasteiger partial charge in [-0.2, -0.15) is 0 Å². The fourth-order valence-corrected chi connectivity index (χ4v) is 1.19. The quantitative estimate of drug-likeness (QED) is 0.590. The van der Waals surface area contributed by atoms with Gasteiger partial charge in [0.25, 0.3) is 0 Å². The van der Waals surface area contributed by atoms with Crippen molar-refractivity contribution in [1.29, 1.82) is 0 Å². The molecule has 0 radical (unpaired) electrons. The molecule has 4 heteroatoms. The van der Waals surface area contributed by atoms with Gasteiger partial charge in [0.05, 0.1) is 13.0 Å². The number of carbonyl (C=O) groups excluding carboxylic acids is 1. The topological polar surface area (TPSA) is 39.2 Å². The number of methoxy groups -OCH3 is 1. The summed E-state index contributed by atoms with van der Waals surface area (Å²) in [6.07, 6.45) is 1.66. The van der Waals surface area contributed by atoms with Gasteiger partial charge in [-0.3, -0.25) is 4.79 Å². The number of nitrogens with zero attached hydrogens (tertiary/aromatic N) is 1. The van der Waals surface area contributed by atoms with Crippen LogP contribution in [0.5, 0.6) is 0 Å². The Bertz CT molecular complexity index is 297. The smallest absolute Gasteiger partial charge is 0.312 e. The van der Waals surface area contributed by atoms with Crippen molar-refractivity contribution < 1.29 is 9.53 Å². The Hall–Kier alpha value is -0.900. The minimum atomic E-state index is -0.259. The maximum absolute atomic E-state index is 11.1. The van der Waals surface area contributed by atoms with E-state index in [4.69, 9.17) is 0 Å². The molecule has 1 heterocycles. The average molecular weight is 244 g/mol. The summed E-state index contributed by atoms with van der Waals surface area (Å²) in [4.78, 5) is 15.2. The molecule has 0 aliphatic carbocycles. The SMILES string of the molecule is COC(=O)C(C)c1ccc(Br)nc1. The second-order valence-electron chi connectivity index (χ2n) is 2.66. The van der Waals surface area contributed by atoms with Gasteiger partial charge in [-0.15, -0.1) is 0 Å². The molecule has 0 saturated carbocycles. The number of halogens is 1. The molecule has 0 aliphatic heterocycles. The maximum Gasteiger partial charge on any atom is 0.312 e. The predicted octanol–water partition coefficient (Wildman–Crippen LogP) is 2.12. The van der Waals surface area contributed by atoms with Crippen molar-refractivity contribution >= 4 is 21.9 Å². The van der Waals surface area contributed by atoms with Crippen molar-refractivity contribution in [1.82, 2.24) is 4.98 Å². The van der Waals surface area contributed by atoms with E-state index in [-0.39, 0.29) is 11.9 Å². The summed E-state index contributed by atoms with van der Waals surface area (Å²) in [6.45, 7) is 1.79. The fraction of sp³-hybridized carbons (Fsp3) is 0.333. The summed E-state index contributed by atoms with van der Waals surface area (Å²) in [5.74, 6) is -0.505. The minimum Gasteiger partial charge on any atom is -0.469 e. The van der Waals surface area contributed by atoms with Gasteiger partial charge in [0.2, 0.25) is 0 Å². The van der Waals surface area contributed by atoms with Crippen LogP contribution in [0.3, 0.4) is 0 Å². The van der Waals surface area contributed by atoms with E-state index >= 15 is 0 Å². The molecule has 0 N–H and O–H groups in total. The van der Waals surface area contributed by atoms with Gasteiger partial charge in [-0.05, 0) is 34.5 Å². The van der Waals surface area contributed by atoms with Crippen LogP contribution in [0.4, 0.5) is 0 Å². The third kappa shape index (κ3) is 2.52. The van der Waals surface area contributed by atoms with Gasteiger partial charge in [-0.25, -0.2) is 4.98 Å². The molecule has 13 heavy (non-hydrogen) atoms. The van der Waals surface area contributed by atoms with E-state index in [2.05, 4.69) is 25.7 Å². The molecule has 0 amide bonds. The van der Waals surface area contributed by atoms with E-state index in [1.54, 1.807) is 19.2 Å². The first-order valence-corrected chi connectivity index (χ1v) is 4.63. The number of carbonyl (C=O) groups is 1. The number of esters is 1. The summed E-state index contributed by atoms with van der Waals surface area (Å²) in [7, 11) is 1.38. The van der Waals surface area contributed by atoms with Crippen LogP contribution in [0.2, 0.25) is 0 Å². The molecule has 1 aromatic rings. The number of ether oxygens (including phenoxy) is 1. The first kappa shape index (κ1) is 10.2. The Kier molecular flexibility index (Phi) is 3.42. The molecule has 0 saturated heterocycles. The van der Waals surface area contributed by atoms with Crippen molar-refractivity contribution in [2.45, 2.75) is 12.8 Å². The highest BCUT2D eigenvalue weighted by Gasteiger charge is 2.15. The molecule has 3 nitrogen and oxygen atoms in total. The van der Waals surface area contributed by atoms with Gasteiger partial charge >= 0.3 is 5.97 Å². The van der Waals surface area contributed by atoms with Crippen LogP contribution in [0, 0.1) is 0 Å². The predicted molar refractivity (Wildman–Crippen MR) is 52.4 cm³/mol. The molecular weight excluding hydrogens is 234 g/mol. The zero-order valence-electron chi connectivity index (χ0n) is 7.45. The number of hydrogen-bond acceptors (Lipinski definition) is 3. The third-order valence-corrected chi connectivity index (χ3v) is 2.27. The van der Waals surface area contributed by atoms with E-state index in [0.29, 0.717) is 0 Å². The lowest BCUT2D eigenvalue weighted by atomic mass is 10.0. The molecule has 1 atom stereocenters. The van der Waals surface area contributed by atoms with Crippen LogP contribution in [0.1, 0.15) is 18.4 Å². The van der Waals surface area contributed by atoms with Crippen LogP contribution >= 0.6 is 15.9 Å². The van der Waals surface area contributed by atoms with Crippen molar-refractivity contribution in [3.63, 3.8) is 0 Å². The number of aromatic nitrogens is 1. The van der Waals surface area contributed by atoms with E-state index in [9.17, 15) is 4.79 Å². The van der Waals surface area contributed by atoms with Crippen molar-refractivity contribution in [3.8, 4) is 0 Å².